The summed E-state index contributed by atoms with van der Waals surface area (Å²) in [6.07, 6.45) is -9.26. The second-order valence-electron chi connectivity index (χ2n) is 5.70. The summed E-state index contributed by atoms with van der Waals surface area (Å²) in [5.41, 5.74) is -3.03. The number of halogens is 8. The zero-order valence-corrected chi connectivity index (χ0v) is 14.6. The van der Waals surface area contributed by atoms with E-state index in [1.165, 1.54) is 12.1 Å². The fraction of sp³-hybridized carbons (Fsp3) is 0.176. The molecule has 10 heteroatoms. The normalized spacial score (nSPS) is 20.4. The molecule has 1 atom stereocenters. The van der Waals surface area contributed by atoms with Crippen LogP contribution >= 0.6 is 15.9 Å². The molecule has 1 heterocycles. The van der Waals surface area contributed by atoms with Gasteiger partial charge in [-0.25, -0.2) is 4.39 Å². The van der Waals surface area contributed by atoms with Gasteiger partial charge in [0.1, 0.15) is 5.82 Å². The molecule has 0 saturated carbocycles. The molecule has 1 unspecified atom stereocenters. The molecule has 0 spiro atoms. The molecular weight excluding hydrogens is 447 g/mol. The van der Waals surface area contributed by atoms with Gasteiger partial charge in [0.25, 0.3) is 0 Å². The molecule has 0 saturated heterocycles. The minimum atomic E-state index is -5.07. The van der Waals surface area contributed by atoms with E-state index in [4.69, 9.17) is 4.84 Å². The first-order chi connectivity index (χ1) is 12.4. The van der Waals surface area contributed by atoms with E-state index in [2.05, 4.69) is 21.4 Å². The topological polar surface area (TPSA) is 21.3 Å². The molecule has 0 fully saturated rings. The maximum atomic E-state index is 13.8. The summed E-state index contributed by atoms with van der Waals surface area (Å²) in [7, 11) is 0. The summed E-state index contributed by atoms with van der Waals surface area (Å²) in [5.74, 6) is -0.627. The number of benzene rings is 2. The second-order valence-corrected chi connectivity index (χ2v) is 6.56. The Kier molecular flexibility index (Phi) is 4.75. The van der Waals surface area contributed by atoms with Crippen LogP contribution in [-0.4, -0.2) is 6.18 Å². The van der Waals surface area contributed by atoms with Crippen LogP contribution in [0.3, 0.4) is 0 Å². The Morgan fingerprint density at radius 2 is 1.67 bits per heavy atom. The van der Waals surface area contributed by atoms with Gasteiger partial charge >= 0.3 is 12.4 Å². The van der Waals surface area contributed by atoms with Crippen LogP contribution in [0.25, 0.3) is 5.70 Å². The first-order valence-corrected chi connectivity index (χ1v) is 8.10. The highest BCUT2D eigenvalue weighted by Gasteiger charge is 2.59. The molecule has 0 amide bonds. The first-order valence-electron chi connectivity index (χ1n) is 7.31. The van der Waals surface area contributed by atoms with Crippen molar-refractivity contribution in [2.75, 3.05) is 0 Å². The van der Waals surface area contributed by atoms with Crippen molar-refractivity contribution in [1.29, 1.82) is 0 Å². The van der Waals surface area contributed by atoms with Gasteiger partial charge in [0.15, 0.2) is 0 Å². The number of hydrogen-bond donors (Lipinski definition) is 1. The van der Waals surface area contributed by atoms with Gasteiger partial charge in [0, 0.05) is 11.1 Å². The van der Waals surface area contributed by atoms with E-state index in [0.29, 0.717) is 18.2 Å². The molecule has 27 heavy (non-hydrogen) atoms. The minimum absolute atomic E-state index is 0.00581. The van der Waals surface area contributed by atoms with Gasteiger partial charge in [-0.1, -0.05) is 12.1 Å². The molecule has 0 aliphatic carbocycles. The second kappa shape index (κ2) is 6.52. The third-order valence-corrected chi connectivity index (χ3v) is 4.55. The highest BCUT2D eigenvalue weighted by Crippen LogP contribution is 2.48. The third-order valence-electron chi connectivity index (χ3n) is 3.94. The average molecular weight is 456 g/mol. The highest BCUT2D eigenvalue weighted by molar-refractivity contribution is 9.10. The lowest BCUT2D eigenvalue weighted by Gasteiger charge is -2.29. The van der Waals surface area contributed by atoms with Crippen molar-refractivity contribution in [1.82, 2.24) is 5.48 Å². The molecule has 3 rings (SSSR count). The van der Waals surface area contributed by atoms with Gasteiger partial charge in [-0.2, -0.15) is 26.3 Å². The standard InChI is InChI=1S/C17H9BrF7NO/c18-12-6-9(4-5-13(12)19)14-8-15(27-26-14,17(23,24)25)10-2-1-3-11(7-10)16(20,21)22/h1-8,26H. The molecule has 2 aromatic rings. The summed E-state index contributed by atoms with van der Waals surface area (Å²) in [6.45, 7) is 0. The molecule has 1 aliphatic heterocycles. The van der Waals surface area contributed by atoms with Crippen LogP contribution < -0.4 is 5.48 Å². The monoisotopic (exact) mass is 455 g/mol. The maximum Gasteiger partial charge on any atom is 0.428 e. The predicted octanol–water partition coefficient (Wildman–Crippen LogP) is 5.94. The molecule has 0 aromatic heterocycles. The lowest BCUT2D eigenvalue weighted by Crippen LogP contribution is -2.42. The van der Waals surface area contributed by atoms with E-state index in [-0.39, 0.29) is 15.7 Å². The summed E-state index contributed by atoms with van der Waals surface area (Å²) in [4.78, 5) is 4.75. The quantitative estimate of drug-likeness (QED) is 0.565. The van der Waals surface area contributed by atoms with Crippen molar-refractivity contribution in [3.63, 3.8) is 0 Å². The summed E-state index contributed by atoms with van der Waals surface area (Å²) in [5, 5.41) is 0. The molecular formula is C17H9BrF7NO. The van der Waals surface area contributed by atoms with Crippen LogP contribution in [-0.2, 0) is 16.6 Å². The minimum Gasteiger partial charge on any atom is -0.265 e. The summed E-state index contributed by atoms with van der Waals surface area (Å²) < 4.78 is 93.5. The zero-order valence-electron chi connectivity index (χ0n) is 13.1. The van der Waals surface area contributed by atoms with Crippen LogP contribution in [0.2, 0.25) is 0 Å². The van der Waals surface area contributed by atoms with Gasteiger partial charge in [-0.15, -0.1) is 0 Å². The first kappa shape index (κ1) is 19.7. The highest BCUT2D eigenvalue weighted by atomic mass is 79.9. The van der Waals surface area contributed by atoms with E-state index < -0.39 is 34.9 Å². The number of rotatable bonds is 2. The summed E-state index contributed by atoms with van der Waals surface area (Å²) in [6, 6.07) is 6.27. The van der Waals surface area contributed by atoms with Crippen molar-refractivity contribution >= 4 is 21.6 Å². The smallest absolute Gasteiger partial charge is 0.265 e. The van der Waals surface area contributed by atoms with Crippen LogP contribution in [0, 0.1) is 5.82 Å². The third kappa shape index (κ3) is 3.55. The predicted molar refractivity (Wildman–Crippen MR) is 85.5 cm³/mol. The van der Waals surface area contributed by atoms with Crippen molar-refractivity contribution < 1.29 is 35.6 Å². The van der Waals surface area contributed by atoms with Gasteiger partial charge in [0.05, 0.1) is 15.7 Å². The van der Waals surface area contributed by atoms with E-state index in [9.17, 15) is 30.7 Å². The number of alkyl halides is 6. The van der Waals surface area contributed by atoms with Crippen molar-refractivity contribution in [3.8, 4) is 0 Å². The van der Waals surface area contributed by atoms with Crippen molar-refractivity contribution in [2.24, 2.45) is 0 Å². The maximum absolute atomic E-state index is 13.8. The van der Waals surface area contributed by atoms with E-state index in [0.717, 1.165) is 18.2 Å². The van der Waals surface area contributed by atoms with E-state index >= 15 is 0 Å². The molecule has 2 aromatic carbocycles. The largest absolute Gasteiger partial charge is 0.428 e. The Bertz CT molecular complexity index is 907. The lowest BCUT2D eigenvalue weighted by molar-refractivity contribution is -0.269. The molecule has 144 valence electrons. The molecule has 1 N–H and O–H groups in total. The van der Waals surface area contributed by atoms with Crippen LogP contribution in [0.15, 0.2) is 53.0 Å². The van der Waals surface area contributed by atoms with Gasteiger partial charge < -0.3 is 0 Å². The molecule has 1 aliphatic rings. The van der Waals surface area contributed by atoms with E-state index in [1.54, 1.807) is 0 Å². The Morgan fingerprint density at radius 1 is 0.963 bits per heavy atom. The molecule has 2 nitrogen and oxygen atoms in total. The van der Waals surface area contributed by atoms with Crippen molar-refractivity contribution in [3.05, 3.63) is 75.5 Å². The average Bonchev–Trinajstić information content (AvgIpc) is 3.03. The number of hydroxylamine groups is 1. The van der Waals surface area contributed by atoms with E-state index in [1.807, 2.05) is 0 Å². The van der Waals surface area contributed by atoms with Crippen LogP contribution in [0.5, 0.6) is 0 Å². The van der Waals surface area contributed by atoms with Gasteiger partial charge in [-0.3, -0.25) is 10.3 Å². The molecule has 0 radical (unpaired) electrons. The molecule has 0 bridgehead atoms. The Balaban J connectivity index is 2.13. The summed E-state index contributed by atoms with van der Waals surface area (Å²) >= 11 is 2.92. The SMILES string of the molecule is Fc1ccc(C2=CC(c3cccc(C(F)(F)F)c3)(C(F)(F)F)ON2)cc1Br. The Labute approximate surface area is 156 Å². The lowest BCUT2D eigenvalue weighted by atomic mass is 9.90. The van der Waals surface area contributed by atoms with Gasteiger partial charge in [0.2, 0.25) is 5.60 Å². The Morgan fingerprint density at radius 3 is 2.26 bits per heavy atom. The number of nitrogens with one attached hydrogen (secondary N) is 1. The van der Waals surface area contributed by atoms with Crippen LogP contribution in [0.4, 0.5) is 30.7 Å². The number of hydrogen-bond acceptors (Lipinski definition) is 2. The van der Waals surface area contributed by atoms with Crippen molar-refractivity contribution in [2.45, 2.75) is 18.0 Å². The zero-order chi connectivity index (χ0) is 20.0. The van der Waals surface area contributed by atoms with Gasteiger partial charge in [-0.05, 0) is 52.3 Å². The fourth-order valence-corrected chi connectivity index (χ4v) is 2.95. The fourth-order valence-electron chi connectivity index (χ4n) is 2.58. The van der Waals surface area contributed by atoms with Crippen LogP contribution in [0.1, 0.15) is 16.7 Å². The Hall–Kier alpha value is -2.07.